The quantitative estimate of drug-likeness (QED) is 0.504. The smallest absolute Gasteiger partial charge is 0.441 e. The summed E-state index contributed by atoms with van der Waals surface area (Å²) < 4.78 is 52.5. The summed E-state index contributed by atoms with van der Waals surface area (Å²) >= 11 is 0.977. The van der Waals surface area contributed by atoms with Gasteiger partial charge in [-0.25, -0.2) is 4.79 Å². The van der Waals surface area contributed by atoms with Gasteiger partial charge in [0.25, 0.3) is 5.91 Å². The van der Waals surface area contributed by atoms with Crippen molar-refractivity contribution in [2.24, 2.45) is 5.92 Å². The van der Waals surface area contributed by atoms with Gasteiger partial charge < -0.3 is 19.8 Å². The molecule has 11 heteroatoms. The Kier molecular flexibility index (Phi) is 6.31. The van der Waals surface area contributed by atoms with E-state index >= 15 is 0 Å². The van der Waals surface area contributed by atoms with Crippen LogP contribution in [0.15, 0.2) is 22.8 Å². The van der Waals surface area contributed by atoms with Crippen LogP contribution in [0.1, 0.15) is 46.8 Å². The van der Waals surface area contributed by atoms with E-state index in [-0.39, 0.29) is 17.2 Å². The maximum atomic E-state index is 14.3. The molecule has 0 saturated carbocycles. The van der Waals surface area contributed by atoms with Crippen molar-refractivity contribution in [1.29, 1.82) is 5.26 Å². The van der Waals surface area contributed by atoms with Gasteiger partial charge in [0.05, 0.1) is 18.4 Å². The number of nitrogens with zero attached hydrogens (tertiary/aromatic N) is 1. The molecule has 7 nitrogen and oxygen atoms in total. The largest absolute Gasteiger partial charge is 0.463 e. The molecule has 2 aromatic rings. The van der Waals surface area contributed by atoms with Crippen LogP contribution >= 0.6 is 11.3 Å². The van der Waals surface area contributed by atoms with E-state index in [1.165, 1.54) is 13.0 Å². The lowest BCUT2D eigenvalue weighted by Gasteiger charge is -2.34. The Balaban J connectivity index is 2.09. The summed E-state index contributed by atoms with van der Waals surface area (Å²) in [6.45, 7) is 3.02. The van der Waals surface area contributed by atoms with E-state index in [1.54, 1.807) is 5.32 Å². The summed E-state index contributed by atoms with van der Waals surface area (Å²) in [6, 6.07) is 4.43. The number of amides is 1. The number of esters is 1. The molecule has 0 aromatic carbocycles. The molecular formula is C20H20F3N3O4S. The van der Waals surface area contributed by atoms with Crippen LogP contribution < -0.4 is 10.6 Å². The van der Waals surface area contributed by atoms with Crippen LogP contribution in [0, 0.1) is 17.2 Å². The molecule has 1 amide bonds. The summed E-state index contributed by atoms with van der Waals surface area (Å²) in [6.07, 6.45) is -2.21. The van der Waals surface area contributed by atoms with Gasteiger partial charge in [0, 0.05) is 4.88 Å². The zero-order valence-corrected chi connectivity index (χ0v) is 17.6. The molecule has 0 aliphatic heterocycles. The van der Waals surface area contributed by atoms with Gasteiger partial charge in [-0.2, -0.15) is 18.4 Å². The minimum atomic E-state index is -5.30. The van der Waals surface area contributed by atoms with E-state index in [9.17, 15) is 28.0 Å². The number of alkyl halides is 3. The second kappa shape index (κ2) is 8.63. The van der Waals surface area contributed by atoms with Crippen LogP contribution in [-0.4, -0.2) is 30.3 Å². The molecule has 0 spiro atoms. The molecule has 1 aliphatic carbocycles. The van der Waals surface area contributed by atoms with Crippen LogP contribution in [-0.2, 0) is 22.4 Å². The Bertz CT molecular complexity index is 1010. The van der Waals surface area contributed by atoms with Crippen LogP contribution in [0.4, 0.5) is 18.2 Å². The Morgan fingerprint density at radius 2 is 2.16 bits per heavy atom. The van der Waals surface area contributed by atoms with E-state index < -0.39 is 29.5 Å². The third-order valence-corrected chi connectivity index (χ3v) is 6.15. The van der Waals surface area contributed by atoms with Gasteiger partial charge >= 0.3 is 17.8 Å². The zero-order chi connectivity index (χ0) is 22.8. The molecule has 2 heterocycles. The Morgan fingerprint density at radius 3 is 2.74 bits per heavy atom. The molecule has 0 radical (unpaired) electrons. The van der Waals surface area contributed by atoms with E-state index in [2.05, 4.69) is 10.1 Å². The van der Waals surface area contributed by atoms with Gasteiger partial charge in [0.2, 0.25) is 0 Å². The maximum Gasteiger partial charge on any atom is 0.441 e. The zero-order valence-electron chi connectivity index (χ0n) is 16.8. The summed E-state index contributed by atoms with van der Waals surface area (Å²) in [5.74, 6) is -3.11. The number of ether oxygens (including phenoxy) is 1. The first-order valence-corrected chi connectivity index (χ1v) is 10.4. The molecule has 166 valence electrons. The van der Waals surface area contributed by atoms with E-state index in [1.807, 2.05) is 13.0 Å². The number of fused-ring (bicyclic) bond motifs is 1. The second-order valence-corrected chi connectivity index (χ2v) is 8.30. The summed E-state index contributed by atoms with van der Waals surface area (Å²) in [5.41, 5.74) is -2.90. The Hall–Kier alpha value is -3.00. The second-order valence-electron chi connectivity index (χ2n) is 7.19. The summed E-state index contributed by atoms with van der Waals surface area (Å²) in [7, 11) is 0. The van der Waals surface area contributed by atoms with Crippen LogP contribution in [0.2, 0.25) is 0 Å². The molecule has 0 fully saturated rings. The molecule has 3 rings (SSSR count). The van der Waals surface area contributed by atoms with Crippen LogP contribution in [0.5, 0.6) is 0 Å². The van der Waals surface area contributed by atoms with E-state index in [0.717, 1.165) is 35.0 Å². The maximum absolute atomic E-state index is 14.3. The predicted octanol–water partition coefficient (Wildman–Crippen LogP) is 4.00. The third kappa shape index (κ3) is 4.25. The average Bonchev–Trinajstić information content (AvgIpc) is 3.33. The van der Waals surface area contributed by atoms with Crippen molar-refractivity contribution in [3.05, 3.63) is 40.2 Å². The van der Waals surface area contributed by atoms with Crippen LogP contribution in [0.25, 0.3) is 0 Å². The van der Waals surface area contributed by atoms with Crippen molar-refractivity contribution in [3.8, 4) is 6.07 Å². The topological polar surface area (TPSA) is 104 Å². The number of carbonyl (C=O) groups excluding carboxylic acids is 2. The lowest BCUT2D eigenvalue weighted by atomic mass is 9.88. The van der Waals surface area contributed by atoms with Gasteiger partial charge in [0.1, 0.15) is 11.1 Å². The molecule has 0 bridgehead atoms. The first kappa shape index (κ1) is 22.7. The molecule has 31 heavy (non-hydrogen) atoms. The number of carbonyl (C=O) groups is 2. The van der Waals surface area contributed by atoms with Crippen molar-refractivity contribution in [2.75, 3.05) is 11.9 Å². The lowest BCUT2D eigenvalue weighted by Crippen LogP contribution is -2.69. The van der Waals surface area contributed by atoms with Gasteiger partial charge in [-0.3, -0.25) is 4.79 Å². The number of halogens is 3. The van der Waals surface area contributed by atoms with E-state index in [4.69, 9.17) is 4.42 Å². The standard InChI is InChI=1S/C20H20F3N3O4S/c1-3-29-18(28)19(20(21,22)23,25-16(27)14-5-4-8-30-14)26-17-13(10-24)12-7-6-11(2)9-15(12)31-17/h4-5,8,11,26H,3,6-7,9H2,1-2H3,(H,25,27)/t11-,19-/m1/s1. The highest BCUT2D eigenvalue weighted by molar-refractivity contribution is 7.16. The number of hydrogen-bond acceptors (Lipinski definition) is 7. The number of furan rings is 1. The highest BCUT2D eigenvalue weighted by atomic mass is 32.1. The van der Waals surface area contributed by atoms with E-state index in [0.29, 0.717) is 24.3 Å². The third-order valence-electron chi connectivity index (χ3n) is 4.98. The number of nitriles is 1. The highest BCUT2D eigenvalue weighted by Gasteiger charge is 2.64. The fraction of sp³-hybridized carbons (Fsp3) is 0.450. The normalized spacial score (nSPS) is 17.7. The number of rotatable bonds is 6. The van der Waals surface area contributed by atoms with Gasteiger partial charge in [-0.05, 0) is 49.8 Å². The first-order valence-electron chi connectivity index (χ1n) is 9.55. The summed E-state index contributed by atoms with van der Waals surface area (Å²) in [5, 5.41) is 13.3. The van der Waals surface area contributed by atoms with Gasteiger partial charge in [-0.1, -0.05) is 6.92 Å². The van der Waals surface area contributed by atoms with Crippen molar-refractivity contribution in [2.45, 2.75) is 44.9 Å². The number of thiophene rings is 1. The number of nitrogens with one attached hydrogen (secondary N) is 2. The number of anilines is 1. The minimum Gasteiger partial charge on any atom is -0.463 e. The van der Waals surface area contributed by atoms with Crippen molar-refractivity contribution >= 4 is 28.2 Å². The van der Waals surface area contributed by atoms with Crippen LogP contribution in [0.3, 0.4) is 0 Å². The molecule has 0 unspecified atom stereocenters. The number of hydrogen-bond donors (Lipinski definition) is 2. The molecule has 1 aliphatic rings. The molecule has 2 N–H and O–H groups in total. The predicted molar refractivity (Wildman–Crippen MR) is 105 cm³/mol. The van der Waals surface area contributed by atoms with Gasteiger partial charge in [0.15, 0.2) is 5.76 Å². The minimum absolute atomic E-state index is 0.0390. The fourth-order valence-electron chi connectivity index (χ4n) is 3.40. The Labute approximate surface area is 180 Å². The average molecular weight is 455 g/mol. The Morgan fingerprint density at radius 1 is 1.42 bits per heavy atom. The molecule has 2 aromatic heterocycles. The summed E-state index contributed by atoms with van der Waals surface area (Å²) in [4.78, 5) is 25.8. The molecule has 0 saturated heterocycles. The SMILES string of the molecule is CCOC(=O)[C@@](NC(=O)c1ccco1)(Nc1sc2c(c1C#N)CC[C@@H](C)C2)C(F)(F)F. The fourth-order valence-corrected chi connectivity index (χ4v) is 4.81. The molecule has 2 atom stereocenters. The van der Waals surface area contributed by atoms with Gasteiger partial charge in [-0.15, -0.1) is 11.3 Å². The lowest BCUT2D eigenvalue weighted by molar-refractivity contribution is -0.204. The van der Waals surface area contributed by atoms with Crippen molar-refractivity contribution in [3.63, 3.8) is 0 Å². The monoisotopic (exact) mass is 455 g/mol. The molecular weight excluding hydrogens is 435 g/mol. The highest BCUT2D eigenvalue weighted by Crippen LogP contribution is 2.42. The van der Waals surface area contributed by atoms with Crippen molar-refractivity contribution in [1.82, 2.24) is 5.32 Å². The van der Waals surface area contributed by atoms with Crippen molar-refractivity contribution < 1.29 is 31.9 Å². The first-order chi connectivity index (χ1) is 14.6.